The van der Waals surface area contributed by atoms with Crippen molar-refractivity contribution in [3.05, 3.63) is 36.0 Å². The first-order valence-electron chi connectivity index (χ1n) is 6.98. The molecule has 0 aliphatic carbocycles. The van der Waals surface area contributed by atoms with Crippen LogP contribution in [0.2, 0.25) is 0 Å². The van der Waals surface area contributed by atoms with E-state index in [0.29, 0.717) is 0 Å². The molecule has 100 valence electrons. The third-order valence-corrected chi connectivity index (χ3v) is 3.69. The number of benzene rings is 1. The molecule has 0 bridgehead atoms. The summed E-state index contributed by atoms with van der Waals surface area (Å²) in [6, 6.07) is 10.6. The zero-order valence-electron chi connectivity index (χ0n) is 12.5. The highest BCUT2D eigenvalue weighted by molar-refractivity contribution is 5.80. The summed E-state index contributed by atoms with van der Waals surface area (Å²) in [5.41, 5.74) is 2.62. The molecule has 0 saturated carbocycles. The Kier molecular flexibility index (Phi) is 5.93. The molecule has 1 aromatic heterocycles. The van der Waals surface area contributed by atoms with Crippen LogP contribution in [0.5, 0.6) is 0 Å². The van der Waals surface area contributed by atoms with Gasteiger partial charge in [0, 0.05) is 18.3 Å². The molecule has 2 rings (SSSR count). The van der Waals surface area contributed by atoms with Gasteiger partial charge < -0.3 is 9.47 Å². The molecular formula is C16H27N2+. The van der Waals surface area contributed by atoms with Gasteiger partial charge in [0.2, 0.25) is 0 Å². The number of aromatic nitrogens is 1. The number of fused-ring (bicyclic) bond motifs is 1. The molecule has 0 radical (unpaired) electrons. The van der Waals surface area contributed by atoms with Gasteiger partial charge in [0.05, 0.1) is 19.6 Å². The number of hydrogen-bond donors (Lipinski definition) is 1. The van der Waals surface area contributed by atoms with Gasteiger partial charge in [-0.05, 0) is 45.2 Å². The highest BCUT2D eigenvalue weighted by Crippen LogP contribution is 2.16. The summed E-state index contributed by atoms with van der Waals surface area (Å²) in [4.78, 5) is 1.68. The van der Waals surface area contributed by atoms with Crippen molar-refractivity contribution in [3.8, 4) is 0 Å². The van der Waals surface area contributed by atoms with Gasteiger partial charge >= 0.3 is 0 Å². The van der Waals surface area contributed by atoms with Crippen molar-refractivity contribution >= 4 is 10.9 Å². The Morgan fingerprint density at radius 2 is 1.56 bits per heavy atom. The highest BCUT2D eigenvalue weighted by Gasteiger charge is 1.98. The van der Waals surface area contributed by atoms with E-state index in [9.17, 15) is 0 Å². The van der Waals surface area contributed by atoms with Crippen LogP contribution in [0.3, 0.4) is 0 Å². The van der Waals surface area contributed by atoms with Gasteiger partial charge in [0.15, 0.2) is 0 Å². The fourth-order valence-corrected chi connectivity index (χ4v) is 2.18. The average molecular weight is 247 g/mol. The van der Waals surface area contributed by atoms with Crippen molar-refractivity contribution in [2.45, 2.75) is 27.7 Å². The normalized spacial score (nSPS) is 10.6. The van der Waals surface area contributed by atoms with Crippen molar-refractivity contribution in [1.82, 2.24) is 4.57 Å². The number of aryl methyl sites for hydroxylation is 2. The Morgan fingerprint density at radius 3 is 2.00 bits per heavy atom. The average Bonchev–Trinajstić information content (AvgIpc) is 2.69. The lowest BCUT2D eigenvalue weighted by molar-refractivity contribution is -0.894. The largest absolute Gasteiger partial charge is 0.348 e. The first-order chi connectivity index (χ1) is 8.63. The lowest BCUT2D eigenvalue weighted by Crippen LogP contribution is -3.11. The molecule has 0 aliphatic heterocycles. The van der Waals surface area contributed by atoms with Crippen molar-refractivity contribution in [2.75, 3.05) is 19.6 Å². The first-order valence-corrected chi connectivity index (χ1v) is 6.98. The van der Waals surface area contributed by atoms with Gasteiger partial charge in [0.1, 0.15) is 0 Å². The Balaban J connectivity index is 0.000000203. The number of nitrogens with one attached hydrogen (secondary N) is 1. The SMILES string of the molecule is CC[NH+](CC)CC.Cc1cc2ccccc2n1C. The van der Waals surface area contributed by atoms with Crippen molar-refractivity contribution in [2.24, 2.45) is 7.05 Å². The van der Waals surface area contributed by atoms with Crippen LogP contribution in [0.1, 0.15) is 26.5 Å². The minimum atomic E-state index is 1.27. The molecule has 0 aliphatic rings. The molecule has 1 N–H and O–H groups in total. The Labute approximate surface area is 111 Å². The first kappa shape index (κ1) is 14.8. The van der Waals surface area contributed by atoms with Crippen LogP contribution in [0.25, 0.3) is 10.9 Å². The van der Waals surface area contributed by atoms with E-state index in [-0.39, 0.29) is 0 Å². The van der Waals surface area contributed by atoms with Crippen LogP contribution in [-0.2, 0) is 7.05 Å². The molecule has 2 aromatic rings. The van der Waals surface area contributed by atoms with Gasteiger partial charge in [-0.1, -0.05) is 18.2 Å². The number of rotatable bonds is 3. The lowest BCUT2D eigenvalue weighted by atomic mass is 10.2. The van der Waals surface area contributed by atoms with E-state index in [4.69, 9.17) is 0 Å². The summed E-state index contributed by atoms with van der Waals surface area (Å²) in [6.07, 6.45) is 0. The molecule has 0 fully saturated rings. The minimum Gasteiger partial charge on any atom is -0.348 e. The summed E-state index contributed by atoms with van der Waals surface area (Å²) >= 11 is 0. The second-order valence-corrected chi connectivity index (χ2v) is 4.71. The highest BCUT2D eigenvalue weighted by atomic mass is 15.1. The smallest absolute Gasteiger partial charge is 0.0742 e. The molecule has 2 nitrogen and oxygen atoms in total. The molecule has 0 amide bonds. The van der Waals surface area contributed by atoms with E-state index in [1.165, 1.54) is 36.2 Å². The maximum Gasteiger partial charge on any atom is 0.0742 e. The monoisotopic (exact) mass is 247 g/mol. The second-order valence-electron chi connectivity index (χ2n) is 4.71. The van der Waals surface area contributed by atoms with Crippen LogP contribution in [0, 0.1) is 6.92 Å². The zero-order chi connectivity index (χ0) is 13.5. The summed E-state index contributed by atoms with van der Waals surface area (Å²) in [7, 11) is 2.09. The van der Waals surface area contributed by atoms with Crippen LogP contribution in [-0.4, -0.2) is 24.2 Å². The van der Waals surface area contributed by atoms with E-state index in [2.05, 4.69) is 69.6 Å². The zero-order valence-corrected chi connectivity index (χ0v) is 12.5. The van der Waals surface area contributed by atoms with Gasteiger partial charge in [-0.2, -0.15) is 0 Å². The fourth-order valence-electron chi connectivity index (χ4n) is 2.18. The third kappa shape index (κ3) is 3.61. The van der Waals surface area contributed by atoms with E-state index < -0.39 is 0 Å². The van der Waals surface area contributed by atoms with Crippen LogP contribution in [0.15, 0.2) is 30.3 Å². The van der Waals surface area contributed by atoms with Gasteiger partial charge in [-0.3, -0.25) is 0 Å². The number of nitrogens with zero attached hydrogens (tertiary/aromatic N) is 1. The third-order valence-electron chi connectivity index (χ3n) is 3.69. The van der Waals surface area contributed by atoms with Crippen LogP contribution < -0.4 is 4.90 Å². The Hall–Kier alpha value is -1.28. The number of quaternary nitrogens is 1. The molecule has 2 heteroatoms. The molecular weight excluding hydrogens is 220 g/mol. The van der Waals surface area contributed by atoms with Crippen LogP contribution >= 0.6 is 0 Å². The van der Waals surface area contributed by atoms with Gasteiger partial charge in [-0.15, -0.1) is 0 Å². The maximum atomic E-state index is 2.22. The van der Waals surface area contributed by atoms with E-state index in [0.717, 1.165) is 0 Å². The molecule has 0 spiro atoms. The summed E-state index contributed by atoms with van der Waals surface area (Å²) in [5, 5.41) is 1.33. The van der Waals surface area contributed by atoms with Crippen molar-refractivity contribution in [3.63, 3.8) is 0 Å². The summed E-state index contributed by atoms with van der Waals surface area (Å²) in [6.45, 7) is 12.6. The predicted octanol–water partition coefficient (Wildman–Crippen LogP) is 2.42. The number of para-hydroxylation sites is 1. The minimum absolute atomic E-state index is 1.27. The Morgan fingerprint density at radius 1 is 1.00 bits per heavy atom. The predicted molar refractivity (Wildman–Crippen MR) is 80.2 cm³/mol. The topological polar surface area (TPSA) is 9.37 Å². The summed E-state index contributed by atoms with van der Waals surface area (Å²) in [5.74, 6) is 0. The number of hydrogen-bond acceptors (Lipinski definition) is 0. The second kappa shape index (κ2) is 7.22. The molecule has 1 heterocycles. The molecule has 0 atom stereocenters. The quantitative estimate of drug-likeness (QED) is 0.853. The fraction of sp³-hybridized carbons (Fsp3) is 0.500. The molecule has 1 aromatic carbocycles. The van der Waals surface area contributed by atoms with Crippen molar-refractivity contribution < 1.29 is 4.90 Å². The summed E-state index contributed by atoms with van der Waals surface area (Å²) < 4.78 is 2.20. The maximum absolute atomic E-state index is 2.22. The van der Waals surface area contributed by atoms with E-state index >= 15 is 0 Å². The lowest BCUT2D eigenvalue weighted by Gasteiger charge is -2.10. The molecule has 18 heavy (non-hydrogen) atoms. The van der Waals surface area contributed by atoms with E-state index in [1.54, 1.807) is 4.90 Å². The van der Waals surface area contributed by atoms with Gasteiger partial charge in [-0.25, -0.2) is 0 Å². The standard InChI is InChI=1S/C10H11N.C6H15N/c1-8-7-9-5-3-4-6-10(9)11(8)2;1-4-7(5-2)6-3/h3-7H,1-2H3;4-6H2,1-3H3/p+1. The van der Waals surface area contributed by atoms with Crippen LogP contribution in [0.4, 0.5) is 0 Å². The van der Waals surface area contributed by atoms with Gasteiger partial charge in [0.25, 0.3) is 0 Å². The Bertz CT molecular complexity index is 461. The molecule has 0 unspecified atom stereocenters. The van der Waals surface area contributed by atoms with E-state index in [1.807, 2.05) is 0 Å². The molecule has 0 saturated heterocycles. The van der Waals surface area contributed by atoms with Crippen molar-refractivity contribution in [1.29, 1.82) is 0 Å².